The molecular weight excluding hydrogens is 290 g/mol. The summed E-state index contributed by atoms with van der Waals surface area (Å²) in [4.78, 5) is 0. The molecule has 0 aliphatic carbocycles. The number of benzene rings is 1. The lowest BCUT2D eigenvalue weighted by Gasteiger charge is -2.03. The van der Waals surface area contributed by atoms with Gasteiger partial charge in [0.25, 0.3) is 0 Å². The minimum Gasteiger partial charge on any atom is -0.192 e. The molecule has 18 heavy (non-hydrogen) atoms. The molecule has 0 bridgehead atoms. The fraction of sp³-hybridized carbons (Fsp3) is 0.143. The molecule has 3 rings (SSSR count). The van der Waals surface area contributed by atoms with Crippen molar-refractivity contribution < 1.29 is 4.52 Å². The van der Waals surface area contributed by atoms with Crippen LogP contribution in [0.25, 0.3) is 10.9 Å². The first-order valence-corrected chi connectivity index (χ1v) is 6.45. The molecule has 0 radical (unpaired) electrons. The Hall–Kier alpha value is -1.86. The van der Waals surface area contributed by atoms with Crippen LogP contribution in [0.15, 0.2) is 35.1 Å². The molecule has 0 aliphatic heterocycles. The van der Waals surface area contributed by atoms with Gasteiger partial charge in [0.05, 0.1) is 22.2 Å². The molecule has 4 heteroatoms. The molecule has 0 spiro atoms. The van der Waals surface area contributed by atoms with Crippen LogP contribution < -0.4 is 4.52 Å². The van der Waals surface area contributed by atoms with E-state index >= 15 is 0 Å². The number of para-hydroxylation sites is 1. The number of hydrogen-bond acceptors (Lipinski definition) is 1. The maximum atomic E-state index is 9.39. The first-order valence-electron chi connectivity index (χ1n) is 5.66. The Labute approximate surface area is 113 Å². The first-order chi connectivity index (χ1) is 8.65. The number of halogens is 1. The highest BCUT2D eigenvalue weighted by atomic mass is 79.9. The standard InChI is InChI=1S/C14H11BrN3/c1-9-8-17-13-6-4-3-5-11(13)12(7-16)10(2)18(17)14(9)15/h3-6,8H,1-2H3/q+1. The monoisotopic (exact) mass is 300 g/mol. The minimum atomic E-state index is 0.724. The molecule has 0 N–H and O–H groups in total. The van der Waals surface area contributed by atoms with Crippen molar-refractivity contribution in [3.8, 4) is 6.07 Å². The van der Waals surface area contributed by atoms with Gasteiger partial charge < -0.3 is 0 Å². The summed E-state index contributed by atoms with van der Waals surface area (Å²) >= 11 is 3.58. The molecule has 2 heterocycles. The predicted octanol–water partition coefficient (Wildman–Crippen LogP) is 2.93. The maximum Gasteiger partial charge on any atom is 0.244 e. The number of aryl methyl sites for hydroxylation is 2. The second-order valence-electron chi connectivity index (χ2n) is 4.35. The Morgan fingerprint density at radius 2 is 2.00 bits per heavy atom. The Morgan fingerprint density at radius 3 is 2.72 bits per heavy atom. The summed E-state index contributed by atoms with van der Waals surface area (Å²) in [5.74, 6) is 0. The van der Waals surface area contributed by atoms with Crippen molar-refractivity contribution >= 4 is 26.8 Å². The summed E-state index contributed by atoms with van der Waals surface area (Å²) in [6, 6.07) is 10.3. The number of fused-ring (bicyclic) bond motifs is 3. The molecule has 0 saturated heterocycles. The van der Waals surface area contributed by atoms with Crippen molar-refractivity contribution in [2.24, 2.45) is 0 Å². The largest absolute Gasteiger partial charge is 0.244 e. The fourth-order valence-electron chi connectivity index (χ4n) is 2.37. The van der Waals surface area contributed by atoms with Gasteiger partial charge in [-0.3, -0.25) is 0 Å². The van der Waals surface area contributed by atoms with Gasteiger partial charge in [0.15, 0.2) is 4.60 Å². The average Bonchev–Trinajstić information content (AvgIpc) is 2.67. The Bertz CT molecular complexity index is 825. The van der Waals surface area contributed by atoms with Gasteiger partial charge in [0, 0.05) is 6.07 Å². The Kier molecular flexibility index (Phi) is 2.39. The number of hydrogen-bond donors (Lipinski definition) is 0. The highest BCUT2D eigenvalue weighted by molar-refractivity contribution is 9.10. The van der Waals surface area contributed by atoms with Crippen molar-refractivity contribution in [3.63, 3.8) is 0 Å². The van der Waals surface area contributed by atoms with Crippen LogP contribution in [-0.4, -0.2) is 4.52 Å². The van der Waals surface area contributed by atoms with E-state index < -0.39 is 0 Å². The zero-order valence-corrected chi connectivity index (χ0v) is 11.7. The molecule has 2 aromatic heterocycles. The second kappa shape index (κ2) is 3.82. The van der Waals surface area contributed by atoms with Gasteiger partial charge in [-0.05, 0) is 35.8 Å². The third kappa shape index (κ3) is 1.31. The quantitative estimate of drug-likeness (QED) is 0.588. The Morgan fingerprint density at radius 1 is 1.28 bits per heavy atom. The summed E-state index contributed by atoms with van der Waals surface area (Å²) in [5, 5.41) is 10.4. The van der Waals surface area contributed by atoms with Crippen molar-refractivity contribution in [3.05, 3.63) is 51.9 Å². The van der Waals surface area contributed by atoms with Crippen LogP contribution in [0, 0.1) is 25.2 Å². The van der Waals surface area contributed by atoms with Crippen molar-refractivity contribution in [1.29, 1.82) is 5.26 Å². The van der Waals surface area contributed by atoms with Gasteiger partial charge in [0.2, 0.25) is 11.7 Å². The van der Waals surface area contributed by atoms with Crippen LogP contribution in [0.3, 0.4) is 0 Å². The first kappa shape index (κ1) is 11.2. The summed E-state index contributed by atoms with van der Waals surface area (Å²) in [6.07, 6.45) is 2.07. The summed E-state index contributed by atoms with van der Waals surface area (Å²) < 4.78 is 5.09. The van der Waals surface area contributed by atoms with Crippen LogP contribution in [0.5, 0.6) is 0 Å². The van der Waals surface area contributed by atoms with Gasteiger partial charge in [0.1, 0.15) is 6.07 Å². The van der Waals surface area contributed by atoms with Crippen LogP contribution in [0.4, 0.5) is 0 Å². The molecule has 0 atom stereocenters. The van der Waals surface area contributed by atoms with E-state index in [1.54, 1.807) is 0 Å². The van der Waals surface area contributed by atoms with Crippen molar-refractivity contribution in [2.75, 3.05) is 0 Å². The third-order valence-corrected chi connectivity index (χ3v) is 4.22. The Balaban J connectivity index is 2.72. The maximum absolute atomic E-state index is 9.39. The molecule has 0 fully saturated rings. The van der Waals surface area contributed by atoms with Gasteiger partial charge >= 0.3 is 0 Å². The summed E-state index contributed by atoms with van der Waals surface area (Å²) in [6.45, 7) is 4.01. The predicted molar refractivity (Wildman–Crippen MR) is 72.4 cm³/mol. The van der Waals surface area contributed by atoms with Crippen LogP contribution >= 0.6 is 15.9 Å². The van der Waals surface area contributed by atoms with E-state index in [0.29, 0.717) is 0 Å². The summed E-state index contributed by atoms with van der Waals surface area (Å²) in [5.41, 5.74) is 3.84. The van der Waals surface area contributed by atoms with Crippen molar-refractivity contribution in [1.82, 2.24) is 4.52 Å². The van der Waals surface area contributed by atoms with Gasteiger partial charge in [-0.25, -0.2) is 0 Å². The molecule has 0 aliphatic rings. The van der Waals surface area contributed by atoms with E-state index in [-0.39, 0.29) is 0 Å². The number of nitriles is 1. The third-order valence-electron chi connectivity index (χ3n) is 3.25. The average molecular weight is 301 g/mol. The molecule has 0 saturated carbocycles. The molecule has 1 aromatic carbocycles. The van der Waals surface area contributed by atoms with E-state index in [0.717, 1.165) is 32.3 Å². The van der Waals surface area contributed by atoms with E-state index in [4.69, 9.17) is 0 Å². The molecule has 3 aromatic rings. The lowest BCUT2D eigenvalue weighted by molar-refractivity contribution is -0.592. The topological polar surface area (TPSA) is 32.3 Å². The smallest absolute Gasteiger partial charge is 0.192 e. The van der Waals surface area contributed by atoms with Gasteiger partial charge in [-0.1, -0.05) is 16.6 Å². The van der Waals surface area contributed by atoms with E-state index in [1.807, 2.05) is 42.6 Å². The van der Waals surface area contributed by atoms with Gasteiger partial charge in [-0.2, -0.15) is 5.26 Å². The molecule has 0 amide bonds. The zero-order chi connectivity index (χ0) is 12.9. The number of rotatable bonds is 0. The van der Waals surface area contributed by atoms with Crippen LogP contribution in [0.1, 0.15) is 16.8 Å². The molecular formula is C14H11BrN3+. The van der Waals surface area contributed by atoms with Crippen molar-refractivity contribution in [2.45, 2.75) is 13.8 Å². The SMILES string of the molecule is Cc1c[n+]2c3ccccc3c(C#N)c(C)n2c1Br. The lowest BCUT2D eigenvalue weighted by Crippen LogP contribution is -2.30. The minimum absolute atomic E-state index is 0.724. The molecule has 3 nitrogen and oxygen atoms in total. The highest BCUT2D eigenvalue weighted by Gasteiger charge is 2.21. The fourth-order valence-corrected chi connectivity index (χ4v) is 2.91. The molecule has 88 valence electrons. The number of nitrogens with zero attached hydrogens (tertiary/aromatic N) is 3. The summed E-state index contributed by atoms with van der Waals surface area (Å²) in [7, 11) is 0. The van der Waals surface area contributed by atoms with E-state index in [9.17, 15) is 5.26 Å². The van der Waals surface area contributed by atoms with Crippen LogP contribution in [0.2, 0.25) is 0 Å². The second-order valence-corrected chi connectivity index (χ2v) is 5.10. The van der Waals surface area contributed by atoms with E-state index in [2.05, 4.69) is 32.7 Å². The molecule has 0 unspecified atom stereocenters. The lowest BCUT2D eigenvalue weighted by atomic mass is 10.1. The number of aromatic nitrogens is 2. The normalized spacial score (nSPS) is 11.0. The van der Waals surface area contributed by atoms with Gasteiger partial charge in [-0.15, -0.1) is 4.52 Å². The zero-order valence-electron chi connectivity index (χ0n) is 10.1. The van der Waals surface area contributed by atoms with Crippen LogP contribution in [-0.2, 0) is 0 Å². The highest BCUT2D eigenvalue weighted by Crippen LogP contribution is 2.22. The van der Waals surface area contributed by atoms with E-state index in [1.165, 1.54) is 0 Å².